The summed E-state index contributed by atoms with van der Waals surface area (Å²) in [5.41, 5.74) is 4.22. The predicted octanol–water partition coefficient (Wildman–Crippen LogP) is 4.18. The fraction of sp³-hybridized carbons (Fsp3) is 0.0455. The molecule has 2 amide bonds. The number of rotatable bonds is 6. The molecule has 3 N–H and O–H groups in total. The topological polar surface area (TPSA) is 100 Å². The Morgan fingerprint density at radius 2 is 1.77 bits per heavy atom. The van der Waals surface area contributed by atoms with Crippen LogP contribution >= 0.6 is 15.9 Å². The molecule has 0 spiro atoms. The molecule has 0 aliphatic rings. The smallest absolute Gasteiger partial charge is 0.271 e. The highest BCUT2D eigenvalue weighted by atomic mass is 79.9. The van der Waals surface area contributed by atoms with Crippen LogP contribution in [0.15, 0.2) is 76.3 Å². The van der Waals surface area contributed by atoms with Crippen LogP contribution in [0.25, 0.3) is 0 Å². The van der Waals surface area contributed by atoms with Gasteiger partial charge in [-0.25, -0.2) is 5.43 Å². The Kier molecular flexibility index (Phi) is 6.82. The molecule has 3 aromatic carbocycles. The van der Waals surface area contributed by atoms with Gasteiger partial charge >= 0.3 is 0 Å². The zero-order chi connectivity index (χ0) is 21.5. The van der Waals surface area contributed by atoms with E-state index in [4.69, 9.17) is 4.74 Å². The van der Waals surface area contributed by atoms with Crippen LogP contribution in [-0.4, -0.2) is 30.2 Å². The van der Waals surface area contributed by atoms with Crippen LogP contribution < -0.4 is 15.5 Å². The fourth-order valence-corrected chi connectivity index (χ4v) is 3.00. The minimum absolute atomic E-state index is 0.0129. The summed E-state index contributed by atoms with van der Waals surface area (Å²) in [6.07, 6.45) is 1.32. The molecule has 0 aliphatic heterocycles. The second-order valence-corrected chi connectivity index (χ2v) is 6.99. The molecule has 0 aliphatic carbocycles. The van der Waals surface area contributed by atoms with Crippen LogP contribution in [-0.2, 0) is 0 Å². The number of nitrogens with zero attached hydrogens (tertiary/aromatic N) is 1. The van der Waals surface area contributed by atoms with Crippen molar-refractivity contribution in [3.8, 4) is 11.5 Å². The molecule has 8 heteroatoms. The Bertz CT molecular complexity index is 1100. The molecule has 0 bridgehead atoms. The van der Waals surface area contributed by atoms with Crippen molar-refractivity contribution in [2.75, 3.05) is 12.4 Å². The van der Waals surface area contributed by atoms with Crippen molar-refractivity contribution >= 4 is 39.6 Å². The maximum atomic E-state index is 12.3. The fourth-order valence-electron chi connectivity index (χ4n) is 2.54. The van der Waals surface area contributed by atoms with E-state index in [-0.39, 0.29) is 11.7 Å². The quantitative estimate of drug-likeness (QED) is 0.373. The number of carbonyl (C=O) groups is 2. The van der Waals surface area contributed by atoms with Gasteiger partial charge in [0.25, 0.3) is 11.8 Å². The second kappa shape index (κ2) is 9.71. The Hall–Kier alpha value is -3.65. The van der Waals surface area contributed by atoms with Gasteiger partial charge in [-0.15, -0.1) is 0 Å². The molecular weight excluding hydrogens is 450 g/mol. The van der Waals surface area contributed by atoms with Crippen molar-refractivity contribution in [3.05, 3.63) is 87.9 Å². The van der Waals surface area contributed by atoms with Gasteiger partial charge in [0, 0.05) is 21.3 Å². The molecule has 152 valence electrons. The third-order valence-corrected chi connectivity index (χ3v) is 4.82. The van der Waals surface area contributed by atoms with Crippen LogP contribution in [0, 0.1) is 0 Å². The van der Waals surface area contributed by atoms with Crippen molar-refractivity contribution in [1.82, 2.24) is 5.43 Å². The standard InChI is InChI=1S/C22H18BrN3O4/c1-30-17-10-11-20(27)15(12-17)13-24-26-21(28)14-6-8-16(9-7-14)25-22(29)18-4-2-3-5-19(18)23/h2-13,27H,1H3,(H,25,29)(H,26,28)/b24-13-. The van der Waals surface area contributed by atoms with E-state index in [1.54, 1.807) is 54.6 Å². The van der Waals surface area contributed by atoms with Gasteiger partial charge in [-0.3, -0.25) is 9.59 Å². The summed E-state index contributed by atoms with van der Waals surface area (Å²) >= 11 is 3.34. The van der Waals surface area contributed by atoms with Crippen molar-refractivity contribution in [3.63, 3.8) is 0 Å². The Morgan fingerprint density at radius 3 is 2.47 bits per heavy atom. The average Bonchev–Trinajstić information content (AvgIpc) is 2.75. The first kappa shape index (κ1) is 21.1. The number of hydrogen-bond donors (Lipinski definition) is 3. The van der Waals surface area contributed by atoms with Crippen LogP contribution in [0.3, 0.4) is 0 Å². The number of aromatic hydroxyl groups is 1. The van der Waals surface area contributed by atoms with Crippen LogP contribution in [0.4, 0.5) is 5.69 Å². The Balaban J connectivity index is 1.61. The summed E-state index contributed by atoms with van der Waals surface area (Å²) in [5.74, 6) is -0.126. The van der Waals surface area contributed by atoms with Gasteiger partial charge in [0.1, 0.15) is 11.5 Å². The summed E-state index contributed by atoms with van der Waals surface area (Å²) in [6.45, 7) is 0. The van der Waals surface area contributed by atoms with Crippen molar-refractivity contribution in [2.24, 2.45) is 5.10 Å². The van der Waals surface area contributed by atoms with E-state index in [9.17, 15) is 14.7 Å². The summed E-state index contributed by atoms with van der Waals surface area (Å²) < 4.78 is 5.78. The number of halogens is 1. The maximum Gasteiger partial charge on any atom is 0.271 e. The van der Waals surface area contributed by atoms with Gasteiger partial charge in [0.15, 0.2) is 0 Å². The number of phenols is 1. The zero-order valence-corrected chi connectivity index (χ0v) is 17.5. The van der Waals surface area contributed by atoms with E-state index in [1.165, 1.54) is 19.4 Å². The molecule has 0 atom stereocenters. The largest absolute Gasteiger partial charge is 0.507 e. The Morgan fingerprint density at radius 1 is 1.03 bits per heavy atom. The number of hydrazone groups is 1. The summed E-state index contributed by atoms with van der Waals surface area (Å²) in [7, 11) is 1.51. The third-order valence-electron chi connectivity index (χ3n) is 4.13. The van der Waals surface area contributed by atoms with Gasteiger partial charge in [0.2, 0.25) is 0 Å². The van der Waals surface area contributed by atoms with E-state index >= 15 is 0 Å². The number of phenolic OH excluding ortho intramolecular Hbond substituents is 1. The van der Waals surface area contributed by atoms with Crippen molar-refractivity contribution in [2.45, 2.75) is 0 Å². The molecule has 7 nitrogen and oxygen atoms in total. The Labute approximate surface area is 181 Å². The molecule has 30 heavy (non-hydrogen) atoms. The predicted molar refractivity (Wildman–Crippen MR) is 118 cm³/mol. The molecule has 0 saturated carbocycles. The molecule has 0 fully saturated rings. The van der Waals surface area contributed by atoms with E-state index in [0.717, 1.165) is 0 Å². The van der Waals surface area contributed by atoms with E-state index in [0.29, 0.717) is 32.6 Å². The number of ether oxygens (including phenoxy) is 1. The highest BCUT2D eigenvalue weighted by Crippen LogP contribution is 2.21. The normalized spacial score (nSPS) is 10.6. The van der Waals surface area contributed by atoms with Gasteiger partial charge in [0.05, 0.1) is 18.9 Å². The first-order chi connectivity index (χ1) is 14.5. The minimum atomic E-state index is -0.433. The minimum Gasteiger partial charge on any atom is -0.507 e. The third kappa shape index (κ3) is 5.24. The number of nitrogens with one attached hydrogen (secondary N) is 2. The summed E-state index contributed by atoms with van der Waals surface area (Å²) in [5, 5.41) is 16.5. The number of benzene rings is 3. The monoisotopic (exact) mass is 467 g/mol. The average molecular weight is 468 g/mol. The summed E-state index contributed by atoms with van der Waals surface area (Å²) in [4.78, 5) is 24.6. The van der Waals surface area contributed by atoms with Gasteiger partial charge in [-0.1, -0.05) is 12.1 Å². The highest BCUT2D eigenvalue weighted by molar-refractivity contribution is 9.10. The van der Waals surface area contributed by atoms with E-state index in [2.05, 4.69) is 31.8 Å². The van der Waals surface area contributed by atoms with Crippen molar-refractivity contribution < 1.29 is 19.4 Å². The molecule has 0 aromatic heterocycles. The lowest BCUT2D eigenvalue weighted by Crippen LogP contribution is -2.18. The zero-order valence-electron chi connectivity index (χ0n) is 15.9. The number of anilines is 1. The van der Waals surface area contributed by atoms with E-state index in [1.807, 2.05) is 6.07 Å². The maximum absolute atomic E-state index is 12.3. The first-order valence-corrected chi connectivity index (χ1v) is 9.63. The lowest BCUT2D eigenvalue weighted by Gasteiger charge is -2.07. The second-order valence-electron chi connectivity index (χ2n) is 6.14. The molecular formula is C22H18BrN3O4. The van der Waals surface area contributed by atoms with Gasteiger partial charge in [-0.05, 0) is 70.5 Å². The number of hydrogen-bond acceptors (Lipinski definition) is 5. The molecule has 3 rings (SSSR count). The molecule has 0 heterocycles. The summed E-state index contributed by atoms with van der Waals surface area (Å²) in [6, 6.07) is 18.2. The molecule has 0 radical (unpaired) electrons. The molecule has 3 aromatic rings. The SMILES string of the molecule is COc1ccc(O)c(/C=N\NC(=O)c2ccc(NC(=O)c3ccccc3Br)cc2)c1. The molecule has 0 saturated heterocycles. The lowest BCUT2D eigenvalue weighted by atomic mass is 10.1. The highest BCUT2D eigenvalue weighted by Gasteiger charge is 2.10. The van der Waals surface area contributed by atoms with E-state index < -0.39 is 5.91 Å². The number of methoxy groups -OCH3 is 1. The first-order valence-electron chi connectivity index (χ1n) is 8.84. The lowest BCUT2D eigenvalue weighted by molar-refractivity contribution is 0.0954. The number of carbonyl (C=O) groups excluding carboxylic acids is 2. The van der Waals surface area contributed by atoms with Crippen LogP contribution in [0.5, 0.6) is 11.5 Å². The molecule has 0 unspecified atom stereocenters. The number of amides is 2. The van der Waals surface area contributed by atoms with Crippen molar-refractivity contribution in [1.29, 1.82) is 0 Å². The van der Waals surface area contributed by atoms with Crippen LogP contribution in [0.1, 0.15) is 26.3 Å². The van der Waals surface area contributed by atoms with Gasteiger partial charge < -0.3 is 15.2 Å². The van der Waals surface area contributed by atoms with Gasteiger partial charge in [-0.2, -0.15) is 5.10 Å². The van der Waals surface area contributed by atoms with Crippen LogP contribution in [0.2, 0.25) is 0 Å².